The lowest BCUT2D eigenvalue weighted by Gasteiger charge is -2.60. The van der Waals surface area contributed by atoms with Crippen molar-refractivity contribution in [1.82, 2.24) is 0 Å². The summed E-state index contributed by atoms with van der Waals surface area (Å²) in [6, 6.07) is 3.35. The van der Waals surface area contributed by atoms with E-state index < -0.39 is 0 Å². The summed E-state index contributed by atoms with van der Waals surface area (Å²) in [6.45, 7) is 4.87. The molecule has 4 saturated carbocycles. The molecule has 0 spiro atoms. The first-order valence-electron chi connectivity index (χ1n) is 11.3. The smallest absolute Gasteiger partial charge is 0.335 e. The van der Waals surface area contributed by atoms with Gasteiger partial charge in [0.15, 0.2) is 0 Å². The van der Waals surface area contributed by atoms with Gasteiger partial charge in [0.2, 0.25) is 0 Å². The van der Waals surface area contributed by atoms with Gasteiger partial charge in [-0.05, 0) is 97.5 Å². The van der Waals surface area contributed by atoms with Crippen LogP contribution in [0, 0.1) is 34.5 Å². The quantitative estimate of drug-likeness (QED) is 0.762. The van der Waals surface area contributed by atoms with Crippen LogP contribution < -0.4 is 5.63 Å². The molecule has 0 aliphatic heterocycles. The molecule has 4 aliphatic rings. The molecule has 28 heavy (non-hydrogen) atoms. The van der Waals surface area contributed by atoms with Crippen LogP contribution in [0.3, 0.4) is 0 Å². The van der Waals surface area contributed by atoms with E-state index in [2.05, 4.69) is 13.8 Å². The molecular weight excluding hydrogens is 352 g/mol. The van der Waals surface area contributed by atoms with Crippen molar-refractivity contribution in [3.63, 3.8) is 0 Å². The van der Waals surface area contributed by atoms with E-state index in [1.54, 1.807) is 6.26 Å². The molecule has 0 unspecified atom stereocenters. The topological polar surface area (TPSA) is 70.7 Å². The van der Waals surface area contributed by atoms with Crippen LogP contribution in [0.25, 0.3) is 0 Å². The van der Waals surface area contributed by atoms with Crippen molar-refractivity contribution in [3.8, 4) is 0 Å². The van der Waals surface area contributed by atoms with Crippen molar-refractivity contribution in [3.05, 3.63) is 34.4 Å². The minimum Gasteiger partial charge on any atom is -0.431 e. The zero-order valence-electron chi connectivity index (χ0n) is 17.1. The van der Waals surface area contributed by atoms with Gasteiger partial charge >= 0.3 is 5.63 Å². The number of aliphatic hydroxyl groups excluding tert-OH is 2. The van der Waals surface area contributed by atoms with Gasteiger partial charge in [-0.1, -0.05) is 13.8 Å². The summed E-state index contributed by atoms with van der Waals surface area (Å²) in [6.07, 6.45) is 9.88. The molecule has 0 bridgehead atoms. The van der Waals surface area contributed by atoms with E-state index in [0.717, 1.165) is 43.6 Å². The molecule has 0 radical (unpaired) electrons. The Labute approximate surface area is 167 Å². The highest BCUT2D eigenvalue weighted by Gasteiger charge is 2.62. The summed E-state index contributed by atoms with van der Waals surface area (Å²) in [4.78, 5) is 11.4. The first kappa shape index (κ1) is 18.9. The number of hydrogen-bond acceptors (Lipinski definition) is 4. The van der Waals surface area contributed by atoms with Gasteiger partial charge in [-0.15, -0.1) is 0 Å². The number of aliphatic hydroxyl groups is 2. The minimum absolute atomic E-state index is 0.0570. The third-order valence-corrected chi connectivity index (χ3v) is 9.75. The maximum Gasteiger partial charge on any atom is 0.335 e. The molecular formula is C24H34O4. The fraction of sp³-hybridized carbons (Fsp3) is 0.792. The molecule has 0 saturated heterocycles. The number of rotatable bonds is 1. The van der Waals surface area contributed by atoms with Crippen molar-refractivity contribution in [2.24, 2.45) is 34.5 Å². The fourth-order valence-corrected chi connectivity index (χ4v) is 8.40. The zero-order valence-corrected chi connectivity index (χ0v) is 17.1. The second-order valence-corrected chi connectivity index (χ2v) is 10.8. The molecule has 154 valence electrons. The molecule has 4 aliphatic carbocycles. The van der Waals surface area contributed by atoms with E-state index in [1.807, 2.05) is 6.07 Å². The largest absolute Gasteiger partial charge is 0.431 e. The van der Waals surface area contributed by atoms with Crippen molar-refractivity contribution >= 4 is 0 Å². The normalized spacial score (nSPS) is 50.5. The molecule has 0 amide bonds. The fourth-order valence-electron chi connectivity index (χ4n) is 8.40. The van der Waals surface area contributed by atoms with Crippen LogP contribution >= 0.6 is 0 Å². The maximum atomic E-state index is 11.4. The summed E-state index contributed by atoms with van der Waals surface area (Å²) in [5, 5.41) is 21.3. The second-order valence-electron chi connectivity index (χ2n) is 10.8. The van der Waals surface area contributed by atoms with Crippen LogP contribution in [0.15, 0.2) is 27.6 Å². The lowest BCUT2D eigenvalue weighted by atomic mass is 9.44. The minimum atomic E-state index is -0.361. The summed E-state index contributed by atoms with van der Waals surface area (Å²) in [7, 11) is 0. The Morgan fingerprint density at radius 3 is 2.50 bits per heavy atom. The Bertz CT molecular complexity index is 782. The van der Waals surface area contributed by atoms with E-state index in [1.165, 1.54) is 25.3 Å². The third-order valence-electron chi connectivity index (χ3n) is 9.75. The molecule has 4 fully saturated rings. The summed E-state index contributed by atoms with van der Waals surface area (Å²) >= 11 is 0. The Morgan fingerprint density at radius 2 is 1.75 bits per heavy atom. The summed E-state index contributed by atoms with van der Waals surface area (Å²) < 4.78 is 5.16. The van der Waals surface area contributed by atoms with Gasteiger partial charge < -0.3 is 14.6 Å². The van der Waals surface area contributed by atoms with Crippen molar-refractivity contribution in [2.75, 3.05) is 0 Å². The lowest BCUT2D eigenvalue weighted by Crippen LogP contribution is -2.53. The highest BCUT2D eigenvalue weighted by atomic mass is 16.4. The van der Waals surface area contributed by atoms with E-state index in [0.29, 0.717) is 23.2 Å². The molecule has 0 aromatic carbocycles. The highest BCUT2D eigenvalue weighted by molar-refractivity contribution is 5.25. The maximum absolute atomic E-state index is 11.4. The van der Waals surface area contributed by atoms with Gasteiger partial charge in [-0.25, -0.2) is 4.79 Å². The molecule has 4 heteroatoms. The van der Waals surface area contributed by atoms with Crippen LogP contribution in [0.5, 0.6) is 0 Å². The number of hydrogen-bond donors (Lipinski definition) is 2. The predicted octanol–water partition coefficient (Wildman–Crippen LogP) is 4.10. The van der Waals surface area contributed by atoms with Crippen molar-refractivity contribution < 1.29 is 14.6 Å². The predicted molar refractivity (Wildman–Crippen MR) is 107 cm³/mol. The average Bonchev–Trinajstić information content (AvgIpc) is 2.93. The Kier molecular flexibility index (Phi) is 4.34. The molecule has 1 aromatic heterocycles. The molecule has 5 rings (SSSR count). The van der Waals surface area contributed by atoms with E-state index in [4.69, 9.17) is 4.42 Å². The van der Waals surface area contributed by atoms with Crippen molar-refractivity contribution in [2.45, 2.75) is 83.3 Å². The molecule has 2 N–H and O–H groups in total. The summed E-state index contributed by atoms with van der Waals surface area (Å²) in [5.74, 6) is 2.64. The third kappa shape index (κ3) is 2.60. The Morgan fingerprint density at radius 1 is 0.964 bits per heavy atom. The highest BCUT2D eigenvalue weighted by Crippen LogP contribution is 2.68. The molecule has 9 atom stereocenters. The van der Waals surface area contributed by atoms with Gasteiger partial charge in [-0.3, -0.25) is 0 Å². The Hall–Kier alpha value is -1.13. The monoisotopic (exact) mass is 386 g/mol. The van der Waals surface area contributed by atoms with Crippen molar-refractivity contribution in [1.29, 1.82) is 0 Å². The van der Waals surface area contributed by atoms with E-state index in [-0.39, 0.29) is 29.2 Å². The second kappa shape index (κ2) is 6.43. The SMILES string of the molecule is C[C@]12CC[C@H](O)C[C@H]1CC[C@H]1[C@H]3C[C@H](O)[C@H](c4ccc(=O)oc4)[C@@]3(C)CC[C@@H]12. The number of fused-ring (bicyclic) bond motifs is 5. The van der Waals surface area contributed by atoms with Gasteiger partial charge in [0.1, 0.15) is 0 Å². The first-order valence-corrected chi connectivity index (χ1v) is 11.3. The van der Waals surface area contributed by atoms with Gasteiger partial charge in [0, 0.05) is 12.0 Å². The van der Waals surface area contributed by atoms with E-state index >= 15 is 0 Å². The van der Waals surface area contributed by atoms with Crippen LogP contribution in [0.4, 0.5) is 0 Å². The Balaban J connectivity index is 1.46. The van der Waals surface area contributed by atoms with Crippen LogP contribution in [0.1, 0.15) is 76.7 Å². The van der Waals surface area contributed by atoms with Gasteiger partial charge in [-0.2, -0.15) is 0 Å². The average molecular weight is 387 g/mol. The van der Waals surface area contributed by atoms with Crippen LogP contribution in [-0.4, -0.2) is 22.4 Å². The molecule has 1 aromatic rings. The molecule has 4 nitrogen and oxygen atoms in total. The lowest BCUT2D eigenvalue weighted by molar-refractivity contribution is -0.122. The van der Waals surface area contributed by atoms with Crippen LogP contribution in [0.2, 0.25) is 0 Å². The standard InChI is InChI=1S/C24H34O4/c1-23-9-7-16(25)11-15(23)4-5-17-18(23)8-10-24(2)19(17)12-20(26)22(24)14-3-6-21(27)28-13-14/h3,6,13,15-20,22,25-26H,4-5,7-12H2,1-2H3/t15-,16+,17-,18+,19-,20+,22+,23+,24+/m1/s1. The van der Waals surface area contributed by atoms with Crippen LogP contribution in [-0.2, 0) is 0 Å². The van der Waals surface area contributed by atoms with Gasteiger partial charge in [0.25, 0.3) is 0 Å². The van der Waals surface area contributed by atoms with E-state index in [9.17, 15) is 15.0 Å². The van der Waals surface area contributed by atoms with Gasteiger partial charge in [0.05, 0.1) is 18.5 Å². The first-order chi connectivity index (χ1) is 13.3. The zero-order chi connectivity index (χ0) is 19.7. The molecule has 1 heterocycles. The summed E-state index contributed by atoms with van der Waals surface area (Å²) in [5.41, 5.74) is 1.08.